The Labute approximate surface area is 113 Å². The third-order valence-electron chi connectivity index (χ3n) is 2.26. The zero-order chi connectivity index (χ0) is 11.5. The highest BCUT2D eigenvalue weighted by atomic mass is 79.9. The third-order valence-corrected chi connectivity index (χ3v) is 4.20. The predicted octanol–water partition coefficient (Wildman–Crippen LogP) is 5.08. The molecule has 0 atom stereocenters. The molecule has 0 spiro atoms. The van der Waals surface area contributed by atoms with Crippen LogP contribution in [0.25, 0.3) is 0 Å². The van der Waals surface area contributed by atoms with E-state index in [9.17, 15) is 0 Å². The van der Waals surface area contributed by atoms with Crippen molar-refractivity contribution in [3.05, 3.63) is 49.6 Å². The van der Waals surface area contributed by atoms with E-state index in [0.29, 0.717) is 0 Å². The molecule has 0 amide bonds. The lowest BCUT2D eigenvalue weighted by Gasteiger charge is -2.08. The summed E-state index contributed by atoms with van der Waals surface area (Å²) in [7, 11) is 0. The first-order chi connectivity index (χ1) is 7.65. The summed E-state index contributed by atoms with van der Waals surface area (Å²) in [6, 6.07) is 8.01. The molecule has 0 bridgehead atoms. The lowest BCUT2D eigenvalue weighted by Crippen LogP contribution is -1.98. The monoisotopic (exact) mass is 315 g/mol. The van der Waals surface area contributed by atoms with Crippen molar-refractivity contribution < 1.29 is 0 Å². The highest BCUT2D eigenvalue weighted by Crippen LogP contribution is 2.23. The Balaban J connectivity index is 2.04. The number of halogens is 2. The molecule has 2 rings (SSSR count). The molecule has 1 nitrogen and oxygen atoms in total. The molecule has 4 heteroatoms. The summed E-state index contributed by atoms with van der Waals surface area (Å²) in [5, 5.41) is 6.27. The van der Waals surface area contributed by atoms with Crippen molar-refractivity contribution in [2.45, 2.75) is 13.5 Å². The minimum absolute atomic E-state index is 0.780. The maximum atomic E-state index is 5.91. The van der Waals surface area contributed by atoms with Gasteiger partial charge in [0.15, 0.2) is 0 Å². The van der Waals surface area contributed by atoms with Crippen LogP contribution in [0, 0.1) is 6.92 Å². The van der Waals surface area contributed by atoms with Crippen LogP contribution in [-0.4, -0.2) is 0 Å². The number of anilines is 1. The van der Waals surface area contributed by atoms with Gasteiger partial charge in [-0.1, -0.05) is 11.6 Å². The van der Waals surface area contributed by atoms with E-state index in [1.165, 1.54) is 10.4 Å². The molecule has 1 heterocycles. The molecular formula is C12H11BrClNS. The van der Waals surface area contributed by atoms with Gasteiger partial charge in [-0.15, -0.1) is 11.3 Å². The smallest absolute Gasteiger partial charge is 0.0494 e. The van der Waals surface area contributed by atoms with Crippen LogP contribution in [0.5, 0.6) is 0 Å². The number of nitrogens with one attached hydrogen (secondary N) is 1. The van der Waals surface area contributed by atoms with Crippen LogP contribution in [0.15, 0.2) is 34.1 Å². The summed E-state index contributed by atoms with van der Waals surface area (Å²) >= 11 is 11.1. The number of rotatable bonds is 3. The topological polar surface area (TPSA) is 12.0 Å². The van der Waals surface area contributed by atoms with Gasteiger partial charge in [-0.05, 0) is 52.7 Å². The number of aryl methyl sites for hydroxylation is 1. The molecule has 0 unspecified atom stereocenters. The number of thiophene rings is 1. The van der Waals surface area contributed by atoms with E-state index in [0.717, 1.165) is 21.7 Å². The van der Waals surface area contributed by atoms with Crippen molar-refractivity contribution in [2.75, 3.05) is 5.32 Å². The van der Waals surface area contributed by atoms with Crippen molar-refractivity contribution >= 4 is 44.6 Å². The molecule has 0 aliphatic heterocycles. The van der Waals surface area contributed by atoms with Crippen LogP contribution in [0.1, 0.15) is 10.4 Å². The molecule has 1 aromatic heterocycles. The SMILES string of the molecule is Cc1cc(Cl)ccc1NCc1cc(Br)cs1. The van der Waals surface area contributed by atoms with Crippen LogP contribution in [0.4, 0.5) is 5.69 Å². The summed E-state index contributed by atoms with van der Waals surface area (Å²) in [4.78, 5) is 1.31. The van der Waals surface area contributed by atoms with Crippen molar-refractivity contribution in [3.63, 3.8) is 0 Å². The number of benzene rings is 1. The Bertz CT molecular complexity index is 496. The van der Waals surface area contributed by atoms with Gasteiger partial charge in [0.25, 0.3) is 0 Å². The van der Waals surface area contributed by atoms with E-state index < -0.39 is 0 Å². The summed E-state index contributed by atoms with van der Waals surface area (Å²) < 4.78 is 1.14. The summed E-state index contributed by atoms with van der Waals surface area (Å²) in [5.41, 5.74) is 2.30. The average molecular weight is 317 g/mol. The number of hydrogen-bond donors (Lipinski definition) is 1. The van der Waals surface area contributed by atoms with Crippen molar-refractivity contribution in [2.24, 2.45) is 0 Å². The number of hydrogen-bond acceptors (Lipinski definition) is 2. The Morgan fingerprint density at radius 2 is 2.19 bits per heavy atom. The van der Waals surface area contributed by atoms with Gasteiger partial charge < -0.3 is 5.32 Å². The lowest BCUT2D eigenvalue weighted by atomic mass is 10.2. The second-order valence-electron chi connectivity index (χ2n) is 3.54. The normalized spacial score (nSPS) is 10.4. The maximum absolute atomic E-state index is 5.91. The predicted molar refractivity (Wildman–Crippen MR) is 75.5 cm³/mol. The Morgan fingerprint density at radius 3 is 2.81 bits per heavy atom. The largest absolute Gasteiger partial charge is 0.380 e. The molecule has 0 radical (unpaired) electrons. The van der Waals surface area contributed by atoms with E-state index in [2.05, 4.69) is 39.6 Å². The zero-order valence-electron chi connectivity index (χ0n) is 8.76. The van der Waals surface area contributed by atoms with Crippen LogP contribution in [-0.2, 0) is 6.54 Å². The zero-order valence-corrected chi connectivity index (χ0v) is 11.9. The Hall–Kier alpha value is -0.510. The van der Waals surface area contributed by atoms with Crippen LogP contribution >= 0.6 is 38.9 Å². The minimum Gasteiger partial charge on any atom is -0.380 e. The molecule has 0 fully saturated rings. The Morgan fingerprint density at radius 1 is 1.38 bits per heavy atom. The maximum Gasteiger partial charge on any atom is 0.0494 e. The van der Waals surface area contributed by atoms with E-state index in [-0.39, 0.29) is 0 Å². The molecule has 84 valence electrons. The van der Waals surface area contributed by atoms with Crippen LogP contribution in [0.3, 0.4) is 0 Å². The third kappa shape index (κ3) is 3.00. The van der Waals surface area contributed by atoms with Gasteiger partial charge in [-0.2, -0.15) is 0 Å². The molecule has 2 aromatic rings. The fraction of sp³-hybridized carbons (Fsp3) is 0.167. The first-order valence-corrected chi connectivity index (χ1v) is 6.93. The van der Waals surface area contributed by atoms with Gasteiger partial charge in [-0.3, -0.25) is 0 Å². The van der Waals surface area contributed by atoms with E-state index >= 15 is 0 Å². The van der Waals surface area contributed by atoms with Crippen molar-refractivity contribution in [3.8, 4) is 0 Å². The first kappa shape index (κ1) is 12.0. The fourth-order valence-corrected chi connectivity index (χ4v) is 3.07. The molecule has 1 aromatic carbocycles. The molecule has 0 saturated heterocycles. The van der Waals surface area contributed by atoms with Crippen LogP contribution in [0.2, 0.25) is 5.02 Å². The lowest BCUT2D eigenvalue weighted by molar-refractivity contribution is 1.18. The standard InChI is InChI=1S/C12H11BrClNS/c1-8-4-10(14)2-3-12(8)15-6-11-5-9(13)7-16-11/h2-5,7,15H,6H2,1H3. The quantitative estimate of drug-likeness (QED) is 0.832. The molecule has 0 aliphatic rings. The second kappa shape index (κ2) is 5.21. The van der Waals surface area contributed by atoms with Crippen molar-refractivity contribution in [1.82, 2.24) is 0 Å². The molecule has 1 N–H and O–H groups in total. The second-order valence-corrected chi connectivity index (χ2v) is 5.89. The molecule has 0 aliphatic carbocycles. The fourth-order valence-electron chi connectivity index (χ4n) is 1.45. The van der Waals surface area contributed by atoms with Gasteiger partial charge in [0.2, 0.25) is 0 Å². The molecule has 16 heavy (non-hydrogen) atoms. The van der Waals surface area contributed by atoms with Gasteiger partial charge in [0.05, 0.1) is 0 Å². The van der Waals surface area contributed by atoms with E-state index in [4.69, 9.17) is 11.6 Å². The van der Waals surface area contributed by atoms with E-state index in [1.807, 2.05) is 18.2 Å². The van der Waals surface area contributed by atoms with Crippen molar-refractivity contribution in [1.29, 1.82) is 0 Å². The van der Waals surface area contributed by atoms with Crippen LogP contribution < -0.4 is 5.32 Å². The molecule has 0 saturated carbocycles. The van der Waals surface area contributed by atoms with Gasteiger partial charge >= 0.3 is 0 Å². The summed E-state index contributed by atoms with van der Waals surface area (Å²) in [6.45, 7) is 2.90. The minimum atomic E-state index is 0.780. The summed E-state index contributed by atoms with van der Waals surface area (Å²) in [5.74, 6) is 0. The van der Waals surface area contributed by atoms with Gasteiger partial charge in [0, 0.05) is 32.0 Å². The highest BCUT2D eigenvalue weighted by molar-refractivity contribution is 9.10. The Kier molecular flexibility index (Phi) is 3.90. The highest BCUT2D eigenvalue weighted by Gasteiger charge is 2.00. The van der Waals surface area contributed by atoms with E-state index in [1.54, 1.807) is 11.3 Å². The first-order valence-electron chi connectivity index (χ1n) is 4.88. The average Bonchev–Trinajstić information content (AvgIpc) is 2.63. The molecular weight excluding hydrogens is 306 g/mol. The van der Waals surface area contributed by atoms with Gasteiger partial charge in [-0.25, -0.2) is 0 Å². The summed E-state index contributed by atoms with van der Waals surface area (Å²) in [6.07, 6.45) is 0. The van der Waals surface area contributed by atoms with Gasteiger partial charge in [0.1, 0.15) is 0 Å².